The Labute approximate surface area is 140 Å². The molecule has 0 radical (unpaired) electrons. The summed E-state index contributed by atoms with van der Waals surface area (Å²) in [6, 6.07) is 8.91. The normalized spacial score (nSPS) is 11.4. The first-order chi connectivity index (χ1) is 9.28. The summed E-state index contributed by atoms with van der Waals surface area (Å²) in [5.41, 5.74) is 0.261. The van der Waals surface area contributed by atoms with E-state index in [2.05, 4.69) is 20.7 Å². The van der Waals surface area contributed by atoms with Gasteiger partial charge in [-0.05, 0) is 36.4 Å². The van der Waals surface area contributed by atoms with E-state index in [-0.39, 0.29) is 25.7 Å². The monoisotopic (exact) mass is 413 g/mol. The minimum atomic E-state index is -3.82. The van der Waals surface area contributed by atoms with Crippen molar-refractivity contribution >= 4 is 66.4 Å². The van der Waals surface area contributed by atoms with Gasteiger partial charge >= 0.3 is 0 Å². The maximum atomic E-state index is 12.3. The number of hydrogen-bond acceptors (Lipinski definition) is 2. The van der Waals surface area contributed by atoms with Crippen LogP contribution in [0.2, 0.25) is 15.1 Å². The van der Waals surface area contributed by atoms with Gasteiger partial charge in [-0.2, -0.15) is 0 Å². The Morgan fingerprint density at radius 1 is 0.950 bits per heavy atom. The molecule has 0 saturated heterocycles. The van der Waals surface area contributed by atoms with E-state index in [1.165, 1.54) is 18.2 Å². The van der Waals surface area contributed by atoms with Crippen LogP contribution in [0.5, 0.6) is 0 Å². The van der Waals surface area contributed by atoms with Gasteiger partial charge in [0.1, 0.15) is 0 Å². The average Bonchev–Trinajstić information content (AvgIpc) is 2.32. The van der Waals surface area contributed by atoms with Gasteiger partial charge in [-0.15, -0.1) is 0 Å². The zero-order chi connectivity index (χ0) is 14.9. The highest BCUT2D eigenvalue weighted by Gasteiger charge is 2.17. The van der Waals surface area contributed by atoms with Crippen LogP contribution in [0.25, 0.3) is 0 Å². The Morgan fingerprint density at radius 3 is 2.15 bits per heavy atom. The molecule has 0 aliphatic carbocycles. The number of nitrogens with one attached hydrogen (secondary N) is 1. The molecule has 2 aromatic carbocycles. The fraction of sp³-hybridized carbons (Fsp3) is 0. The molecule has 0 aliphatic rings. The number of rotatable bonds is 3. The smallest absolute Gasteiger partial charge is 0.262 e. The molecule has 0 fully saturated rings. The highest BCUT2D eigenvalue weighted by molar-refractivity contribution is 9.10. The van der Waals surface area contributed by atoms with Crippen molar-refractivity contribution in [2.45, 2.75) is 4.90 Å². The van der Waals surface area contributed by atoms with Crippen LogP contribution in [0.1, 0.15) is 0 Å². The van der Waals surface area contributed by atoms with E-state index in [4.69, 9.17) is 34.8 Å². The molecule has 0 heterocycles. The lowest BCUT2D eigenvalue weighted by Gasteiger charge is -2.10. The van der Waals surface area contributed by atoms with Crippen molar-refractivity contribution in [1.82, 2.24) is 0 Å². The second-order valence-corrected chi connectivity index (χ2v) is 7.71. The summed E-state index contributed by atoms with van der Waals surface area (Å²) in [5.74, 6) is 0. The van der Waals surface area contributed by atoms with Crippen molar-refractivity contribution in [2.75, 3.05) is 4.72 Å². The minimum Gasteiger partial charge on any atom is -0.278 e. The molecule has 20 heavy (non-hydrogen) atoms. The number of benzene rings is 2. The predicted molar refractivity (Wildman–Crippen MR) is 86.4 cm³/mol. The van der Waals surface area contributed by atoms with Gasteiger partial charge in [0.05, 0.1) is 15.6 Å². The van der Waals surface area contributed by atoms with E-state index in [1.807, 2.05) is 0 Å². The molecule has 0 amide bonds. The van der Waals surface area contributed by atoms with Crippen molar-refractivity contribution in [3.63, 3.8) is 0 Å². The first-order valence-electron chi connectivity index (χ1n) is 5.22. The zero-order valence-corrected chi connectivity index (χ0v) is 14.4. The Kier molecular flexibility index (Phi) is 4.87. The maximum absolute atomic E-state index is 12.3. The summed E-state index contributed by atoms with van der Waals surface area (Å²) < 4.78 is 27.6. The average molecular weight is 416 g/mol. The summed E-state index contributed by atoms with van der Waals surface area (Å²) in [5, 5.41) is 0.751. The number of hydrogen-bond donors (Lipinski definition) is 1. The molecule has 1 N–H and O–H groups in total. The molecule has 0 aromatic heterocycles. The van der Waals surface area contributed by atoms with Crippen LogP contribution in [-0.2, 0) is 10.0 Å². The molecule has 0 unspecified atom stereocenters. The molecule has 0 saturated carbocycles. The molecule has 2 aromatic rings. The van der Waals surface area contributed by atoms with Crippen molar-refractivity contribution in [3.8, 4) is 0 Å². The first-order valence-corrected chi connectivity index (χ1v) is 8.63. The summed E-state index contributed by atoms with van der Waals surface area (Å²) in [6.45, 7) is 0. The largest absolute Gasteiger partial charge is 0.278 e. The van der Waals surface area contributed by atoms with Gasteiger partial charge in [0, 0.05) is 14.5 Å². The molecule has 0 spiro atoms. The Bertz CT molecular complexity index is 745. The topological polar surface area (TPSA) is 46.2 Å². The lowest BCUT2D eigenvalue weighted by molar-refractivity contribution is 0.601. The van der Waals surface area contributed by atoms with Crippen LogP contribution in [0.3, 0.4) is 0 Å². The molecule has 106 valence electrons. The van der Waals surface area contributed by atoms with Crippen LogP contribution < -0.4 is 4.72 Å². The van der Waals surface area contributed by atoms with Gasteiger partial charge in [0.15, 0.2) is 0 Å². The van der Waals surface area contributed by atoms with Crippen LogP contribution in [-0.4, -0.2) is 8.42 Å². The van der Waals surface area contributed by atoms with E-state index in [0.29, 0.717) is 4.47 Å². The lowest BCUT2D eigenvalue weighted by Crippen LogP contribution is -2.13. The van der Waals surface area contributed by atoms with Crippen molar-refractivity contribution in [2.24, 2.45) is 0 Å². The standard InChI is InChI=1S/C12H7BrCl3NO2S/c13-7-1-2-11(16)12(3-7)17-20(18,19)10-5-8(14)4-9(15)6-10/h1-6,17H. The van der Waals surface area contributed by atoms with Crippen LogP contribution in [0.15, 0.2) is 45.8 Å². The number of halogens is 4. The third-order valence-corrected chi connectivity index (χ3v) is 4.92. The van der Waals surface area contributed by atoms with E-state index in [0.717, 1.165) is 0 Å². The van der Waals surface area contributed by atoms with Gasteiger partial charge in [0.2, 0.25) is 0 Å². The molecule has 3 nitrogen and oxygen atoms in total. The molecular weight excluding hydrogens is 408 g/mol. The van der Waals surface area contributed by atoms with E-state index in [1.54, 1.807) is 18.2 Å². The van der Waals surface area contributed by atoms with Crippen LogP contribution in [0.4, 0.5) is 5.69 Å². The number of anilines is 1. The fourth-order valence-electron chi connectivity index (χ4n) is 1.46. The van der Waals surface area contributed by atoms with Crippen molar-refractivity contribution in [3.05, 3.63) is 55.9 Å². The molecule has 0 bridgehead atoms. The minimum absolute atomic E-state index is 0.0361. The Balaban J connectivity index is 2.43. The van der Waals surface area contributed by atoms with Gasteiger partial charge in [0.25, 0.3) is 10.0 Å². The SMILES string of the molecule is O=S(=O)(Nc1cc(Br)ccc1Cl)c1cc(Cl)cc(Cl)c1. The Morgan fingerprint density at radius 2 is 1.55 bits per heavy atom. The molecule has 0 atom stereocenters. The molecular formula is C12H7BrCl3NO2S. The van der Waals surface area contributed by atoms with Gasteiger partial charge in [-0.3, -0.25) is 4.72 Å². The van der Waals surface area contributed by atoms with E-state index >= 15 is 0 Å². The molecule has 8 heteroatoms. The third-order valence-electron chi connectivity index (χ3n) is 2.32. The van der Waals surface area contributed by atoms with E-state index in [9.17, 15) is 8.42 Å². The summed E-state index contributed by atoms with van der Waals surface area (Å²) in [4.78, 5) is -0.0361. The predicted octanol–water partition coefficient (Wildman–Crippen LogP) is 5.21. The molecule has 0 aliphatic heterocycles. The summed E-state index contributed by atoms with van der Waals surface area (Å²) in [7, 11) is -3.82. The number of sulfonamides is 1. The first kappa shape index (κ1) is 15.9. The lowest BCUT2D eigenvalue weighted by atomic mass is 10.3. The van der Waals surface area contributed by atoms with Crippen LogP contribution >= 0.6 is 50.7 Å². The zero-order valence-electron chi connectivity index (χ0n) is 9.70. The highest BCUT2D eigenvalue weighted by Crippen LogP contribution is 2.29. The fourth-order valence-corrected chi connectivity index (χ4v) is 3.84. The van der Waals surface area contributed by atoms with E-state index < -0.39 is 10.0 Å². The third kappa shape index (κ3) is 3.80. The second kappa shape index (κ2) is 6.12. The molecule has 2 rings (SSSR count). The summed E-state index contributed by atoms with van der Waals surface area (Å²) >= 11 is 20.8. The Hall–Kier alpha value is -0.460. The van der Waals surface area contributed by atoms with Gasteiger partial charge in [-0.1, -0.05) is 50.7 Å². The highest BCUT2D eigenvalue weighted by atomic mass is 79.9. The second-order valence-electron chi connectivity index (χ2n) is 3.83. The van der Waals surface area contributed by atoms with Crippen LogP contribution in [0, 0.1) is 0 Å². The maximum Gasteiger partial charge on any atom is 0.262 e. The van der Waals surface area contributed by atoms with Crippen molar-refractivity contribution < 1.29 is 8.42 Å². The van der Waals surface area contributed by atoms with Crippen molar-refractivity contribution in [1.29, 1.82) is 0 Å². The quantitative estimate of drug-likeness (QED) is 0.748. The van der Waals surface area contributed by atoms with Gasteiger partial charge < -0.3 is 0 Å². The van der Waals surface area contributed by atoms with Gasteiger partial charge in [-0.25, -0.2) is 8.42 Å². The summed E-state index contributed by atoms with van der Waals surface area (Å²) in [6.07, 6.45) is 0.